The molecule has 1 aromatic heterocycles. The SMILES string of the molecule is CN1CCC(c2ccncc2N)CC1=O. The topological polar surface area (TPSA) is 59.2 Å². The molecule has 0 aromatic carbocycles. The Balaban J connectivity index is 2.19. The smallest absolute Gasteiger partial charge is 0.222 e. The molecule has 0 spiro atoms. The first-order valence-electron chi connectivity index (χ1n) is 5.12. The summed E-state index contributed by atoms with van der Waals surface area (Å²) in [5.74, 6) is 0.458. The third kappa shape index (κ3) is 1.93. The number of carbonyl (C=O) groups is 1. The lowest BCUT2D eigenvalue weighted by Crippen LogP contribution is -2.34. The summed E-state index contributed by atoms with van der Waals surface area (Å²) in [6.45, 7) is 0.811. The van der Waals surface area contributed by atoms with E-state index in [9.17, 15) is 4.79 Å². The van der Waals surface area contributed by atoms with Crippen LogP contribution in [0, 0.1) is 0 Å². The van der Waals surface area contributed by atoms with Crippen LogP contribution in [0.25, 0.3) is 0 Å². The molecule has 1 aliphatic rings. The van der Waals surface area contributed by atoms with E-state index in [-0.39, 0.29) is 11.8 Å². The Hall–Kier alpha value is -1.58. The second-order valence-electron chi connectivity index (χ2n) is 4.01. The lowest BCUT2D eigenvalue weighted by Gasteiger charge is -2.29. The summed E-state index contributed by atoms with van der Waals surface area (Å²) in [5.41, 5.74) is 7.60. The highest BCUT2D eigenvalue weighted by atomic mass is 16.2. The normalized spacial score (nSPS) is 21.8. The molecule has 1 aliphatic heterocycles. The van der Waals surface area contributed by atoms with Gasteiger partial charge in [-0.05, 0) is 24.0 Å². The van der Waals surface area contributed by atoms with Crippen LogP contribution in [0.2, 0.25) is 0 Å². The van der Waals surface area contributed by atoms with E-state index in [1.165, 1.54) is 0 Å². The maximum atomic E-state index is 11.6. The molecule has 80 valence electrons. The van der Waals surface area contributed by atoms with Gasteiger partial charge >= 0.3 is 0 Å². The maximum Gasteiger partial charge on any atom is 0.222 e. The first-order chi connectivity index (χ1) is 7.18. The number of piperidine rings is 1. The monoisotopic (exact) mass is 205 g/mol. The van der Waals surface area contributed by atoms with Crippen molar-refractivity contribution in [3.63, 3.8) is 0 Å². The minimum absolute atomic E-state index is 0.197. The summed E-state index contributed by atoms with van der Waals surface area (Å²) in [6, 6.07) is 1.92. The van der Waals surface area contributed by atoms with Crippen molar-refractivity contribution >= 4 is 11.6 Å². The van der Waals surface area contributed by atoms with Gasteiger partial charge in [-0.3, -0.25) is 9.78 Å². The van der Waals surface area contributed by atoms with Crippen molar-refractivity contribution in [3.05, 3.63) is 24.0 Å². The summed E-state index contributed by atoms with van der Waals surface area (Å²) in [7, 11) is 1.84. The summed E-state index contributed by atoms with van der Waals surface area (Å²) >= 11 is 0. The Labute approximate surface area is 89.1 Å². The van der Waals surface area contributed by atoms with Crippen LogP contribution in [0.1, 0.15) is 24.3 Å². The highest BCUT2D eigenvalue weighted by molar-refractivity contribution is 5.78. The van der Waals surface area contributed by atoms with Crippen molar-refractivity contribution in [1.82, 2.24) is 9.88 Å². The zero-order valence-corrected chi connectivity index (χ0v) is 8.81. The second kappa shape index (κ2) is 3.88. The van der Waals surface area contributed by atoms with E-state index >= 15 is 0 Å². The molecule has 2 N–H and O–H groups in total. The van der Waals surface area contributed by atoms with Crippen molar-refractivity contribution < 1.29 is 4.79 Å². The number of amides is 1. The van der Waals surface area contributed by atoms with Gasteiger partial charge < -0.3 is 10.6 Å². The Morgan fingerprint density at radius 2 is 2.40 bits per heavy atom. The quantitative estimate of drug-likeness (QED) is 0.744. The molecular weight excluding hydrogens is 190 g/mol. The molecule has 0 bridgehead atoms. The zero-order chi connectivity index (χ0) is 10.8. The third-order valence-electron chi connectivity index (χ3n) is 2.99. The molecule has 0 radical (unpaired) electrons. The number of hydrogen-bond acceptors (Lipinski definition) is 3. The predicted molar refractivity (Wildman–Crippen MR) is 58.3 cm³/mol. The Morgan fingerprint density at radius 1 is 1.60 bits per heavy atom. The molecule has 0 aliphatic carbocycles. The average Bonchev–Trinajstić information content (AvgIpc) is 2.23. The third-order valence-corrected chi connectivity index (χ3v) is 2.99. The number of nitrogens with zero attached hydrogens (tertiary/aromatic N) is 2. The van der Waals surface area contributed by atoms with E-state index in [1.807, 2.05) is 13.1 Å². The fraction of sp³-hybridized carbons (Fsp3) is 0.455. The molecule has 4 heteroatoms. The highest BCUT2D eigenvalue weighted by Crippen LogP contribution is 2.30. The summed E-state index contributed by atoms with van der Waals surface area (Å²) in [4.78, 5) is 17.3. The van der Waals surface area contributed by atoms with E-state index in [2.05, 4.69) is 4.98 Å². The molecule has 1 aromatic rings. The molecule has 1 unspecified atom stereocenters. The molecule has 15 heavy (non-hydrogen) atoms. The van der Waals surface area contributed by atoms with Crippen molar-refractivity contribution in [2.24, 2.45) is 0 Å². The summed E-state index contributed by atoms with van der Waals surface area (Å²) < 4.78 is 0. The highest BCUT2D eigenvalue weighted by Gasteiger charge is 2.25. The lowest BCUT2D eigenvalue weighted by molar-refractivity contribution is -0.132. The van der Waals surface area contributed by atoms with Crippen LogP contribution >= 0.6 is 0 Å². The molecule has 0 saturated carbocycles. The van der Waals surface area contributed by atoms with Crippen molar-refractivity contribution in [2.45, 2.75) is 18.8 Å². The van der Waals surface area contributed by atoms with Crippen LogP contribution in [-0.4, -0.2) is 29.4 Å². The second-order valence-corrected chi connectivity index (χ2v) is 4.01. The van der Waals surface area contributed by atoms with Gasteiger partial charge in [0.2, 0.25) is 5.91 Å². The number of likely N-dealkylation sites (tertiary alicyclic amines) is 1. The van der Waals surface area contributed by atoms with Crippen LogP contribution < -0.4 is 5.73 Å². The fourth-order valence-electron chi connectivity index (χ4n) is 2.00. The van der Waals surface area contributed by atoms with Gasteiger partial charge in [-0.15, -0.1) is 0 Å². The van der Waals surface area contributed by atoms with E-state index in [4.69, 9.17) is 5.73 Å². The summed E-state index contributed by atoms with van der Waals surface area (Å²) in [5, 5.41) is 0. The van der Waals surface area contributed by atoms with Crippen molar-refractivity contribution in [1.29, 1.82) is 0 Å². The molecule has 4 nitrogen and oxygen atoms in total. The van der Waals surface area contributed by atoms with E-state index < -0.39 is 0 Å². The number of nitrogen functional groups attached to an aromatic ring is 1. The Bertz CT molecular complexity index is 378. The molecule has 1 atom stereocenters. The van der Waals surface area contributed by atoms with Gasteiger partial charge in [0.1, 0.15) is 0 Å². The van der Waals surface area contributed by atoms with Crippen LogP contribution in [0.15, 0.2) is 18.5 Å². The van der Waals surface area contributed by atoms with Gasteiger partial charge in [0, 0.05) is 26.2 Å². The van der Waals surface area contributed by atoms with Gasteiger partial charge in [-0.2, -0.15) is 0 Å². The van der Waals surface area contributed by atoms with Crippen LogP contribution in [0.4, 0.5) is 5.69 Å². The Kier molecular flexibility index (Phi) is 2.58. The maximum absolute atomic E-state index is 11.6. The van der Waals surface area contributed by atoms with Gasteiger partial charge in [-0.25, -0.2) is 0 Å². The molecular formula is C11H15N3O. The molecule has 1 saturated heterocycles. The van der Waals surface area contributed by atoms with Gasteiger partial charge in [-0.1, -0.05) is 0 Å². The average molecular weight is 205 g/mol. The van der Waals surface area contributed by atoms with Gasteiger partial charge in [0.05, 0.1) is 11.9 Å². The van der Waals surface area contributed by atoms with E-state index in [1.54, 1.807) is 17.3 Å². The molecule has 2 rings (SSSR count). The van der Waals surface area contributed by atoms with E-state index in [0.29, 0.717) is 12.1 Å². The number of carbonyl (C=O) groups excluding carboxylic acids is 1. The van der Waals surface area contributed by atoms with Gasteiger partial charge in [0.25, 0.3) is 0 Å². The number of rotatable bonds is 1. The van der Waals surface area contributed by atoms with Crippen molar-refractivity contribution in [2.75, 3.05) is 19.3 Å². The molecule has 1 fully saturated rings. The predicted octanol–water partition coefficient (Wildman–Crippen LogP) is 1.000. The van der Waals surface area contributed by atoms with Crippen LogP contribution in [0.5, 0.6) is 0 Å². The number of anilines is 1. The number of nitrogens with two attached hydrogens (primary N) is 1. The largest absolute Gasteiger partial charge is 0.397 e. The lowest BCUT2D eigenvalue weighted by atomic mass is 9.89. The zero-order valence-electron chi connectivity index (χ0n) is 8.81. The minimum atomic E-state index is 0.197. The molecule has 1 amide bonds. The minimum Gasteiger partial charge on any atom is -0.397 e. The number of hydrogen-bond donors (Lipinski definition) is 1. The first kappa shape index (κ1) is 9.96. The van der Waals surface area contributed by atoms with Crippen LogP contribution in [-0.2, 0) is 4.79 Å². The summed E-state index contributed by atoms with van der Waals surface area (Å²) in [6.07, 6.45) is 4.92. The number of pyridine rings is 1. The Morgan fingerprint density at radius 3 is 3.07 bits per heavy atom. The van der Waals surface area contributed by atoms with Gasteiger partial charge in [0.15, 0.2) is 0 Å². The standard InChI is InChI=1S/C11H15N3O/c1-14-5-3-8(6-11(14)15)9-2-4-13-7-10(9)12/h2,4,7-8H,3,5-6,12H2,1H3. The first-order valence-corrected chi connectivity index (χ1v) is 5.12. The fourth-order valence-corrected chi connectivity index (χ4v) is 2.00. The van der Waals surface area contributed by atoms with E-state index in [0.717, 1.165) is 18.5 Å². The number of aromatic nitrogens is 1. The molecule has 2 heterocycles. The van der Waals surface area contributed by atoms with Crippen LogP contribution in [0.3, 0.4) is 0 Å². The van der Waals surface area contributed by atoms with Crippen molar-refractivity contribution in [3.8, 4) is 0 Å².